The summed E-state index contributed by atoms with van der Waals surface area (Å²) in [6.07, 6.45) is 1.67. The van der Waals surface area contributed by atoms with Crippen molar-refractivity contribution in [3.8, 4) is 11.5 Å². The van der Waals surface area contributed by atoms with Crippen LogP contribution in [0.2, 0.25) is 0 Å². The Morgan fingerprint density at radius 2 is 2.00 bits per heavy atom. The normalized spacial score (nSPS) is 10.4. The number of aromatic nitrogens is 4. The zero-order valence-corrected chi connectivity index (χ0v) is 15.3. The summed E-state index contributed by atoms with van der Waals surface area (Å²) in [5.41, 5.74) is 1.72. The van der Waals surface area contributed by atoms with Gasteiger partial charge in [0.2, 0.25) is 11.1 Å². The lowest BCUT2D eigenvalue weighted by Crippen LogP contribution is -2.14. The van der Waals surface area contributed by atoms with Crippen LogP contribution in [0.1, 0.15) is 17.3 Å². The summed E-state index contributed by atoms with van der Waals surface area (Å²) in [6, 6.07) is 12.0. The molecule has 2 aromatic heterocycles. The minimum absolute atomic E-state index is 0.152. The average molecular weight is 383 g/mol. The van der Waals surface area contributed by atoms with Crippen LogP contribution in [-0.2, 0) is 9.53 Å². The molecular formula is C18H17N5O3S. The molecule has 27 heavy (non-hydrogen) atoms. The van der Waals surface area contributed by atoms with Crippen molar-refractivity contribution in [3.63, 3.8) is 0 Å². The molecule has 0 bridgehead atoms. The highest BCUT2D eigenvalue weighted by Crippen LogP contribution is 2.18. The molecule has 2 heterocycles. The van der Waals surface area contributed by atoms with E-state index in [2.05, 4.69) is 25.5 Å². The zero-order valence-electron chi connectivity index (χ0n) is 14.5. The molecule has 0 radical (unpaired) electrons. The minimum Gasteiger partial charge on any atom is -0.462 e. The number of esters is 1. The van der Waals surface area contributed by atoms with Crippen LogP contribution in [-0.4, -0.2) is 44.4 Å². The number of nitrogens with one attached hydrogen (secondary N) is 2. The van der Waals surface area contributed by atoms with E-state index in [-0.39, 0.29) is 17.6 Å². The molecule has 0 unspecified atom stereocenters. The summed E-state index contributed by atoms with van der Waals surface area (Å²) in [4.78, 5) is 32.2. The molecule has 0 saturated heterocycles. The van der Waals surface area contributed by atoms with Crippen molar-refractivity contribution in [1.29, 1.82) is 0 Å². The van der Waals surface area contributed by atoms with Crippen molar-refractivity contribution in [2.75, 3.05) is 17.7 Å². The summed E-state index contributed by atoms with van der Waals surface area (Å²) in [5.74, 6) is 0.111. The molecule has 0 spiro atoms. The standard InChI is InChI=1S/C18H17N5O3S/c1-2-26-17(25)12-6-8-13(9-7-12)20-15(24)11-27-18-21-16(22-23-18)14-5-3-4-10-19-14/h3-10H,2,11H2,1H3,(H,20,24)(H,21,22,23). The van der Waals surface area contributed by atoms with Gasteiger partial charge in [0.05, 0.1) is 17.9 Å². The molecule has 0 saturated carbocycles. The van der Waals surface area contributed by atoms with Crippen molar-refractivity contribution in [1.82, 2.24) is 20.2 Å². The van der Waals surface area contributed by atoms with E-state index in [1.165, 1.54) is 11.8 Å². The lowest BCUT2D eigenvalue weighted by atomic mass is 10.2. The van der Waals surface area contributed by atoms with Crippen LogP contribution in [0.3, 0.4) is 0 Å². The third kappa shape index (κ3) is 5.14. The molecule has 9 heteroatoms. The van der Waals surface area contributed by atoms with Gasteiger partial charge in [-0.1, -0.05) is 17.8 Å². The van der Waals surface area contributed by atoms with Gasteiger partial charge in [0.25, 0.3) is 0 Å². The van der Waals surface area contributed by atoms with Crippen molar-refractivity contribution < 1.29 is 14.3 Å². The third-order valence-electron chi connectivity index (χ3n) is 3.38. The highest BCUT2D eigenvalue weighted by Gasteiger charge is 2.10. The lowest BCUT2D eigenvalue weighted by molar-refractivity contribution is -0.113. The van der Waals surface area contributed by atoms with Gasteiger partial charge in [0, 0.05) is 11.9 Å². The van der Waals surface area contributed by atoms with Gasteiger partial charge in [-0.05, 0) is 43.3 Å². The molecule has 1 amide bonds. The molecule has 0 aliphatic rings. The number of ether oxygens (including phenoxy) is 1. The molecule has 0 aliphatic heterocycles. The molecular weight excluding hydrogens is 366 g/mol. The van der Waals surface area contributed by atoms with Crippen molar-refractivity contribution >= 4 is 29.3 Å². The molecule has 138 valence electrons. The fourth-order valence-corrected chi connectivity index (χ4v) is 2.76. The van der Waals surface area contributed by atoms with Crippen molar-refractivity contribution in [3.05, 3.63) is 54.2 Å². The van der Waals surface area contributed by atoms with Crippen LogP contribution in [0.15, 0.2) is 53.8 Å². The van der Waals surface area contributed by atoms with Crippen LogP contribution in [0.4, 0.5) is 5.69 Å². The molecule has 0 fully saturated rings. The highest BCUT2D eigenvalue weighted by atomic mass is 32.2. The van der Waals surface area contributed by atoms with Gasteiger partial charge in [-0.2, -0.15) is 4.98 Å². The summed E-state index contributed by atoms with van der Waals surface area (Å²) in [6.45, 7) is 2.06. The van der Waals surface area contributed by atoms with E-state index < -0.39 is 0 Å². The molecule has 8 nitrogen and oxygen atoms in total. The lowest BCUT2D eigenvalue weighted by Gasteiger charge is -2.05. The molecule has 1 aromatic carbocycles. The van der Waals surface area contributed by atoms with Gasteiger partial charge in [-0.25, -0.2) is 4.79 Å². The van der Waals surface area contributed by atoms with E-state index in [4.69, 9.17) is 4.74 Å². The second-order valence-electron chi connectivity index (χ2n) is 5.32. The maximum absolute atomic E-state index is 12.1. The van der Waals surface area contributed by atoms with Gasteiger partial charge >= 0.3 is 5.97 Å². The van der Waals surface area contributed by atoms with Gasteiger partial charge < -0.3 is 10.1 Å². The number of benzene rings is 1. The number of pyridine rings is 1. The first kappa shape index (κ1) is 18.6. The Morgan fingerprint density at radius 3 is 2.70 bits per heavy atom. The maximum Gasteiger partial charge on any atom is 0.338 e. The molecule has 3 aromatic rings. The van der Waals surface area contributed by atoms with E-state index in [0.717, 1.165) is 0 Å². The number of carbonyl (C=O) groups is 2. The number of rotatable bonds is 7. The van der Waals surface area contributed by atoms with E-state index in [1.54, 1.807) is 37.4 Å². The largest absolute Gasteiger partial charge is 0.462 e. The molecule has 0 aliphatic carbocycles. The first-order chi connectivity index (χ1) is 13.2. The molecule has 2 N–H and O–H groups in total. The van der Waals surface area contributed by atoms with Gasteiger partial charge in [0.15, 0.2) is 5.82 Å². The Kier molecular flexibility index (Phi) is 6.16. The van der Waals surface area contributed by atoms with Crippen molar-refractivity contribution in [2.45, 2.75) is 12.1 Å². The van der Waals surface area contributed by atoms with E-state index >= 15 is 0 Å². The van der Waals surface area contributed by atoms with Gasteiger partial charge in [-0.3, -0.25) is 14.9 Å². The van der Waals surface area contributed by atoms with E-state index in [0.29, 0.717) is 34.5 Å². The zero-order chi connectivity index (χ0) is 19.1. The first-order valence-corrected chi connectivity index (χ1v) is 9.18. The Balaban J connectivity index is 1.51. The number of hydrogen-bond donors (Lipinski definition) is 2. The quantitative estimate of drug-likeness (QED) is 0.477. The van der Waals surface area contributed by atoms with Crippen LogP contribution < -0.4 is 5.32 Å². The van der Waals surface area contributed by atoms with Crippen LogP contribution in [0.5, 0.6) is 0 Å². The summed E-state index contributed by atoms with van der Waals surface area (Å²) < 4.78 is 4.92. The maximum atomic E-state index is 12.1. The monoisotopic (exact) mass is 383 g/mol. The number of carbonyl (C=O) groups excluding carboxylic acids is 2. The molecule has 0 atom stereocenters. The number of nitrogens with zero attached hydrogens (tertiary/aromatic N) is 3. The number of hydrogen-bond acceptors (Lipinski definition) is 7. The third-order valence-corrected chi connectivity index (χ3v) is 4.23. The van der Waals surface area contributed by atoms with Crippen LogP contribution in [0, 0.1) is 0 Å². The second-order valence-corrected chi connectivity index (χ2v) is 6.26. The van der Waals surface area contributed by atoms with Gasteiger partial charge in [0.1, 0.15) is 5.69 Å². The smallest absolute Gasteiger partial charge is 0.338 e. The fraction of sp³-hybridized carbons (Fsp3) is 0.167. The Labute approximate surface area is 159 Å². The number of thioether (sulfide) groups is 1. The fourth-order valence-electron chi connectivity index (χ4n) is 2.16. The van der Waals surface area contributed by atoms with Gasteiger partial charge in [-0.15, -0.1) is 5.10 Å². The summed E-state index contributed by atoms with van der Waals surface area (Å²) in [7, 11) is 0. The van der Waals surface area contributed by atoms with Crippen molar-refractivity contribution in [2.24, 2.45) is 0 Å². The SMILES string of the molecule is CCOC(=O)c1ccc(NC(=O)CSc2n[nH]c(-c3ccccn3)n2)cc1. The highest BCUT2D eigenvalue weighted by molar-refractivity contribution is 7.99. The topological polar surface area (TPSA) is 110 Å². The predicted octanol–water partition coefficient (Wildman–Crippen LogP) is 2.77. The summed E-state index contributed by atoms with van der Waals surface area (Å²) in [5, 5.41) is 10.1. The summed E-state index contributed by atoms with van der Waals surface area (Å²) >= 11 is 1.21. The number of anilines is 1. The van der Waals surface area contributed by atoms with Crippen LogP contribution >= 0.6 is 11.8 Å². The van der Waals surface area contributed by atoms with Crippen LogP contribution in [0.25, 0.3) is 11.5 Å². The number of aromatic amines is 1. The Hall–Kier alpha value is -3.20. The Bertz CT molecular complexity index is 912. The predicted molar refractivity (Wildman–Crippen MR) is 101 cm³/mol. The van der Waals surface area contributed by atoms with E-state index in [1.807, 2.05) is 18.2 Å². The van der Waals surface area contributed by atoms with E-state index in [9.17, 15) is 9.59 Å². The number of H-pyrrole nitrogens is 1. The Morgan fingerprint density at radius 1 is 1.19 bits per heavy atom. The average Bonchev–Trinajstić information content (AvgIpc) is 3.17. The number of amides is 1. The minimum atomic E-state index is -0.390. The first-order valence-electron chi connectivity index (χ1n) is 8.19. The second kappa shape index (κ2) is 8.95. The molecule has 3 rings (SSSR count).